The van der Waals surface area contributed by atoms with Gasteiger partial charge < -0.3 is 0 Å². The smallest absolute Gasteiger partial charge is 0.270 e. The summed E-state index contributed by atoms with van der Waals surface area (Å²) in [5, 5.41) is 0. The first-order chi connectivity index (χ1) is 10.4. The van der Waals surface area contributed by atoms with Crippen LogP contribution in [0.15, 0.2) is 17.6 Å². The number of amidine groups is 1. The average Bonchev–Trinajstić information content (AvgIpc) is 2.99. The maximum Gasteiger partial charge on any atom is 0.402 e. The molecule has 7 heteroatoms. The van der Waals surface area contributed by atoms with E-state index < -0.39 is 6.04 Å². The van der Waals surface area contributed by atoms with Crippen LogP contribution in [0.4, 0.5) is 10.7 Å². The minimum Gasteiger partial charge on any atom is -0.270 e. The minimum absolute atomic E-state index is 0.203. The van der Waals surface area contributed by atoms with E-state index >= 15 is 0 Å². The number of fused-ring (bicyclic) bond motifs is 3. The molecule has 22 heavy (non-hydrogen) atoms. The van der Waals surface area contributed by atoms with E-state index in [1.807, 2.05) is 25.3 Å². The summed E-state index contributed by atoms with van der Waals surface area (Å²) in [4.78, 5) is 32.4. The SMILES string of the molecule is C=CCN1C(=O)C2C(=Nc3n2c(C)c(C)[n+]3CC)N(C)C1=O. The normalized spacial score (nSPS) is 20.2. The van der Waals surface area contributed by atoms with Crippen molar-refractivity contribution in [2.45, 2.75) is 33.4 Å². The summed E-state index contributed by atoms with van der Waals surface area (Å²) in [5.74, 6) is 0.975. The molecular formula is C15H20N5O2+. The van der Waals surface area contributed by atoms with Crippen LogP contribution in [0.1, 0.15) is 24.4 Å². The number of carbonyl (C=O) groups excluding carboxylic acids is 2. The van der Waals surface area contributed by atoms with Gasteiger partial charge in [-0.2, -0.15) is 0 Å². The molecule has 0 aromatic carbocycles. The summed E-state index contributed by atoms with van der Waals surface area (Å²) in [6.45, 7) is 10.6. The molecule has 1 saturated heterocycles. The van der Waals surface area contributed by atoms with Gasteiger partial charge in [-0.1, -0.05) is 11.1 Å². The van der Waals surface area contributed by atoms with Crippen LogP contribution >= 0.6 is 0 Å². The number of likely N-dealkylation sites (N-methyl/N-ethyl adjacent to an activating group) is 1. The van der Waals surface area contributed by atoms with Crippen molar-refractivity contribution in [3.63, 3.8) is 0 Å². The number of carbonyl (C=O) groups is 2. The van der Waals surface area contributed by atoms with Crippen LogP contribution in [0.2, 0.25) is 0 Å². The number of hydrogen-bond donors (Lipinski definition) is 0. The van der Waals surface area contributed by atoms with Gasteiger partial charge in [0.05, 0.1) is 6.54 Å². The molecule has 0 spiro atoms. The van der Waals surface area contributed by atoms with E-state index in [1.165, 1.54) is 9.80 Å². The number of aliphatic imine (C=N–C) groups is 1. The van der Waals surface area contributed by atoms with Crippen LogP contribution in [-0.4, -0.2) is 45.7 Å². The number of amides is 3. The molecule has 7 nitrogen and oxygen atoms in total. The highest BCUT2D eigenvalue weighted by Crippen LogP contribution is 2.34. The molecule has 0 radical (unpaired) electrons. The Bertz CT molecular complexity index is 731. The van der Waals surface area contributed by atoms with Gasteiger partial charge in [-0.05, 0) is 20.8 Å². The van der Waals surface area contributed by atoms with E-state index in [4.69, 9.17) is 0 Å². The van der Waals surface area contributed by atoms with Crippen LogP contribution in [0.3, 0.4) is 0 Å². The van der Waals surface area contributed by atoms with Gasteiger partial charge in [-0.3, -0.25) is 14.6 Å². The minimum atomic E-state index is -0.566. The van der Waals surface area contributed by atoms with Crippen LogP contribution in [-0.2, 0) is 11.3 Å². The van der Waals surface area contributed by atoms with Crippen molar-refractivity contribution in [1.29, 1.82) is 0 Å². The topological polar surface area (TPSA) is 61.8 Å². The molecule has 3 heterocycles. The zero-order chi connectivity index (χ0) is 16.2. The van der Waals surface area contributed by atoms with E-state index in [9.17, 15) is 9.59 Å². The Morgan fingerprint density at radius 1 is 1.36 bits per heavy atom. The maximum absolute atomic E-state index is 12.8. The monoisotopic (exact) mass is 302 g/mol. The number of aromatic nitrogens is 2. The van der Waals surface area contributed by atoms with E-state index in [0.29, 0.717) is 5.84 Å². The Morgan fingerprint density at radius 2 is 2.05 bits per heavy atom. The van der Waals surface area contributed by atoms with Gasteiger partial charge in [0, 0.05) is 13.6 Å². The van der Waals surface area contributed by atoms with Gasteiger partial charge in [-0.25, -0.2) is 13.9 Å². The van der Waals surface area contributed by atoms with Crippen molar-refractivity contribution in [2.75, 3.05) is 13.6 Å². The van der Waals surface area contributed by atoms with E-state index in [1.54, 1.807) is 13.1 Å². The lowest BCUT2D eigenvalue weighted by Crippen LogP contribution is -2.57. The third kappa shape index (κ3) is 1.62. The summed E-state index contributed by atoms with van der Waals surface area (Å²) in [6, 6.07) is -0.924. The Hall–Kier alpha value is -2.44. The fourth-order valence-electron chi connectivity index (χ4n) is 3.18. The lowest BCUT2D eigenvalue weighted by molar-refractivity contribution is -0.685. The fraction of sp³-hybridized carbons (Fsp3) is 0.467. The number of rotatable bonds is 3. The van der Waals surface area contributed by atoms with Crippen molar-refractivity contribution >= 4 is 23.7 Å². The van der Waals surface area contributed by atoms with Gasteiger partial charge in [-0.15, -0.1) is 6.58 Å². The molecule has 1 unspecified atom stereocenters. The predicted octanol–water partition coefficient (Wildman–Crippen LogP) is 1.08. The van der Waals surface area contributed by atoms with Crippen molar-refractivity contribution in [2.24, 2.45) is 4.99 Å². The molecule has 0 N–H and O–H groups in total. The molecule has 116 valence electrons. The largest absolute Gasteiger partial charge is 0.402 e. The molecule has 3 rings (SSSR count). The van der Waals surface area contributed by atoms with Crippen molar-refractivity contribution in [3.05, 3.63) is 24.0 Å². The van der Waals surface area contributed by atoms with E-state index in [2.05, 4.69) is 16.1 Å². The average molecular weight is 302 g/mol. The first kappa shape index (κ1) is 14.5. The van der Waals surface area contributed by atoms with Crippen LogP contribution in [0.5, 0.6) is 0 Å². The number of imide groups is 1. The van der Waals surface area contributed by atoms with Gasteiger partial charge in [0.2, 0.25) is 11.9 Å². The highest BCUT2D eigenvalue weighted by Gasteiger charge is 2.53. The third-order valence-corrected chi connectivity index (χ3v) is 4.45. The van der Waals surface area contributed by atoms with Gasteiger partial charge in [0.15, 0.2) is 0 Å². The lowest BCUT2D eigenvalue weighted by Gasteiger charge is -2.32. The molecule has 1 aromatic rings. The Kier molecular flexibility index (Phi) is 3.16. The van der Waals surface area contributed by atoms with Gasteiger partial charge >= 0.3 is 12.0 Å². The predicted molar refractivity (Wildman–Crippen MR) is 81.0 cm³/mol. The maximum atomic E-state index is 12.8. The number of urea groups is 1. The van der Waals surface area contributed by atoms with Crippen molar-refractivity contribution < 1.29 is 14.2 Å². The summed E-state index contributed by atoms with van der Waals surface area (Å²) in [6.07, 6.45) is 1.56. The fourth-order valence-corrected chi connectivity index (χ4v) is 3.18. The van der Waals surface area contributed by atoms with Crippen molar-refractivity contribution in [1.82, 2.24) is 14.4 Å². The number of nitrogens with zero attached hydrogens (tertiary/aromatic N) is 5. The van der Waals surface area contributed by atoms with Crippen molar-refractivity contribution in [3.8, 4) is 0 Å². The number of hydrogen-bond acceptors (Lipinski definition) is 3. The Labute approximate surface area is 129 Å². The summed E-state index contributed by atoms with van der Waals surface area (Å²) in [5.41, 5.74) is 2.08. The molecule has 3 amide bonds. The molecular weight excluding hydrogens is 282 g/mol. The Balaban J connectivity index is 2.18. The first-order valence-corrected chi connectivity index (χ1v) is 7.33. The highest BCUT2D eigenvalue weighted by molar-refractivity contribution is 6.20. The summed E-state index contributed by atoms with van der Waals surface area (Å²) < 4.78 is 3.99. The molecule has 1 fully saturated rings. The van der Waals surface area contributed by atoms with Crippen LogP contribution in [0, 0.1) is 13.8 Å². The molecule has 1 atom stereocenters. The standard InChI is InChI=1S/C15H20N5O2/c1-6-8-19-13(21)11-12(17(5)15(19)22)16-14-18(7-2)9(3)10(4)20(11)14/h6,11H,1,7-8H2,2-5H3/q+1. The third-order valence-electron chi connectivity index (χ3n) is 4.45. The highest BCUT2D eigenvalue weighted by atomic mass is 16.2. The summed E-state index contributed by atoms with van der Waals surface area (Å²) in [7, 11) is 1.65. The summed E-state index contributed by atoms with van der Waals surface area (Å²) >= 11 is 0. The van der Waals surface area contributed by atoms with E-state index in [0.717, 1.165) is 23.9 Å². The van der Waals surface area contributed by atoms with Gasteiger partial charge in [0.25, 0.3) is 5.91 Å². The second-order valence-electron chi connectivity index (χ2n) is 5.54. The van der Waals surface area contributed by atoms with Gasteiger partial charge in [0.1, 0.15) is 11.4 Å². The van der Waals surface area contributed by atoms with E-state index in [-0.39, 0.29) is 18.5 Å². The zero-order valence-corrected chi connectivity index (χ0v) is 13.3. The molecule has 0 bridgehead atoms. The second-order valence-corrected chi connectivity index (χ2v) is 5.54. The molecule has 1 aromatic heterocycles. The number of imidazole rings is 1. The molecule has 2 aliphatic rings. The van der Waals surface area contributed by atoms with Crippen LogP contribution in [0.25, 0.3) is 0 Å². The van der Waals surface area contributed by atoms with Crippen LogP contribution < -0.4 is 4.57 Å². The quantitative estimate of drug-likeness (QED) is 0.619. The lowest BCUT2D eigenvalue weighted by atomic mass is 10.1. The Morgan fingerprint density at radius 3 is 2.64 bits per heavy atom. The zero-order valence-electron chi connectivity index (χ0n) is 13.3. The molecule has 2 aliphatic heterocycles. The second kappa shape index (κ2) is 4.79. The molecule has 0 saturated carbocycles. The molecule has 0 aliphatic carbocycles. The first-order valence-electron chi connectivity index (χ1n) is 7.33.